The zero-order valence-electron chi connectivity index (χ0n) is 11.5. The second-order valence-corrected chi connectivity index (χ2v) is 4.34. The molecule has 0 aliphatic rings. The van der Waals surface area contributed by atoms with E-state index in [2.05, 4.69) is 27.0 Å². The quantitative estimate of drug-likeness (QED) is 0.730. The maximum atomic E-state index is 12.2. The Morgan fingerprint density at radius 3 is 2.73 bits per heavy atom. The highest BCUT2D eigenvalue weighted by Crippen LogP contribution is 2.20. The summed E-state index contributed by atoms with van der Waals surface area (Å²) in [6, 6.07) is 8.52. The fourth-order valence-electron chi connectivity index (χ4n) is 1.84. The molecular formula is C15H12N4O3. The Morgan fingerprint density at radius 2 is 2.05 bits per heavy atom. The predicted molar refractivity (Wildman–Crippen MR) is 78.8 cm³/mol. The fraction of sp³-hybridized carbons (Fsp3) is 0.0667. The molecule has 0 fully saturated rings. The van der Waals surface area contributed by atoms with Gasteiger partial charge in [0.1, 0.15) is 17.1 Å². The molecule has 3 aromatic rings. The normalized spacial score (nSPS) is 10.4. The van der Waals surface area contributed by atoms with E-state index in [-0.39, 0.29) is 24.1 Å². The largest absolute Gasteiger partial charge is 0.467 e. The minimum absolute atomic E-state index is 0.108. The summed E-state index contributed by atoms with van der Waals surface area (Å²) in [6.45, 7) is 3.65. The zero-order chi connectivity index (χ0) is 15.4. The number of hydrogen-bond acceptors (Lipinski definition) is 6. The molecule has 3 heterocycles. The monoisotopic (exact) mass is 296 g/mol. The average Bonchev–Trinajstić information content (AvgIpc) is 3.25. The van der Waals surface area contributed by atoms with Gasteiger partial charge in [-0.1, -0.05) is 0 Å². The van der Waals surface area contributed by atoms with Crippen molar-refractivity contribution in [3.8, 4) is 11.5 Å². The van der Waals surface area contributed by atoms with Crippen LogP contribution in [-0.4, -0.2) is 22.6 Å². The number of furan rings is 2. The van der Waals surface area contributed by atoms with Crippen LogP contribution in [0.2, 0.25) is 0 Å². The van der Waals surface area contributed by atoms with Gasteiger partial charge in [0.15, 0.2) is 5.76 Å². The molecule has 0 unspecified atom stereocenters. The van der Waals surface area contributed by atoms with Crippen molar-refractivity contribution in [1.82, 2.24) is 15.3 Å². The molecular weight excluding hydrogens is 284 g/mol. The average molecular weight is 296 g/mol. The first-order valence-corrected chi connectivity index (χ1v) is 6.46. The molecule has 1 amide bonds. The summed E-state index contributed by atoms with van der Waals surface area (Å²) in [5.74, 6) is 0.914. The first-order valence-electron chi connectivity index (χ1n) is 6.46. The second kappa shape index (κ2) is 6.04. The molecule has 0 radical (unpaired) electrons. The van der Waals surface area contributed by atoms with Crippen LogP contribution < -0.4 is 5.32 Å². The van der Waals surface area contributed by atoms with E-state index in [9.17, 15) is 4.79 Å². The third-order valence-corrected chi connectivity index (χ3v) is 2.87. The highest BCUT2D eigenvalue weighted by atomic mass is 16.3. The van der Waals surface area contributed by atoms with Gasteiger partial charge in [-0.05, 0) is 37.0 Å². The highest BCUT2D eigenvalue weighted by Gasteiger charge is 2.14. The van der Waals surface area contributed by atoms with Crippen molar-refractivity contribution in [2.75, 3.05) is 0 Å². The number of hydrogen-bond donors (Lipinski definition) is 1. The lowest BCUT2D eigenvalue weighted by atomic mass is 10.2. The number of amides is 1. The minimum Gasteiger partial charge on any atom is -0.467 e. The van der Waals surface area contributed by atoms with Gasteiger partial charge < -0.3 is 14.2 Å². The smallest absolute Gasteiger partial charge is 0.270 e. The number of rotatable bonds is 5. The summed E-state index contributed by atoms with van der Waals surface area (Å²) >= 11 is 0. The molecule has 0 aliphatic heterocycles. The Kier molecular flexibility index (Phi) is 3.78. The molecule has 3 aromatic heterocycles. The van der Waals surface area contributed by atoms with Crippen molar-refractivity contribution in [2.24, 2.45) is 4.99 Å². The van der Waals surface area contributed by atoms with Gasteiger partial charge in [0.25, 0.3) is 5.91 Å². The van der Waals surface area contributed by atoms with Gasteiger partial charge in [-0.25, -0.2) is 15.0 Å². The van der Waals surface area contributed by atoms with Gasteiger partial charge in [0.05, 0.1) is 19.1 Å². The fourth-order valence-corrected chi connectivity index (χ4v) is 1.84. The van der Waals surface area contributed by atoms with Crippen LogP contribution in [0.5, 0.6) is 0 Å². The zero-order valence-corrected chi connectivity index (χ0v) is 11.5. The number of carbonyl (C=O) groups is 1. The molecule has 0 aromatic carbocycles. The van der Waals surface area contributed by atoms with Gasteiger partial charge in [0.2, 0.25) is 5.95 Å². The van der Waals surface area contributed by atoms with Crippen LogP contribution in [-0.2, 0) is 6.54 Å². The van der Waals surface area contributed by atoms with Gasteiger partial charge in [-0.15, -0.1) is 0 Å². The molecule has 0 atom stereocenters. The SMILES string of the molecule is C=Nc1nc(C(=O)NCc2ccco2)cc(-c2ccco2)n1. The lowest BCUT2D eigenvalue weighted by molar-refractivity contribution is 0.0943. The number of carbonyl (C=O) groups excluding carboxylic acids is 1. The summed E-state index contributed by atoms with van der Waals surface area (Å²) in [6.07, 6.45) is 3.07. The summed E-state index contributed by atoms with van der Waals surface area (Å²) in [7, 11) is 0. The first-order chi connectivity index (χ1) is 10.8. The third-order valence-electron chi connectivity index (χ3n) is 2.87. The van der Waals surface area contributed by atoms with Crippen LogP contribution in [0.15, 0.2) is 56.7 Å². The van der Waals surface area contributed by atoms with E-state index in [0.29, 0.717) is 17.2 Å². The standard InChI is InChI=1S/C15H12N4O3/c1-16-15-18-11(13-5-3-7-22-13)8-12(19-15)14(20)17-9-10-4-2-6-21-10/h2-8H,1,9H2,(H,17,20). The lowest BCUT2D eigenvalue weighted by Gasteiger charge is -2.05. The minimum atomic E-state index is -0.364. The van der Waals surface area contributed by atoms with Crippen LogP contribution >= 0.6 is 0 Å². The number of aromatic nitrogens is 2. The number of nitrogens with zero attached hydrogens (tertiary/aromatic N) is 3. The molecule has 110 valence electrons. The van der Waals surface area contributed by atoms with Gasteiger partial charge >= 0.3 is 0 Å². The molecule has 22 heavy (non-hydrogen) atoms. The van der Waals surface area contributed by atoms with Crippen molar-refractivity contribution in [1.29, 1.82) is 0 Å². The number of aliphatic imine (C=N–C) groups is 1. The van der Waals surface area contributed by atoms with E-state index in [4.69, 9.17) is 8.83 Å². The van der Waals surface area contributed by atoms with Gasteiger partial charge in [-0.2, -0.15) is 0 Å². The molecule has 0 spiro atoms. The van der Waals surface area contributed by atoms with Crippen LogP contribution in [0, 0.1) is 0 Å². The Labute approximate surface area is 125 Å². The molecule has 1 N–H and O–H groups in total. The molecule has 0 aliphatic carbocycles. The maximum absolute atomic E-state index is 12.2. The lowest BCUT2D eigenvalue weighted by Crippen LogP contribution is -2.23. The Balaban J connectivity index is 1.84. The topological polar surface area (TPSA) is 93.5 Å². The highest BCUT2D eigenvalue weighted by molar-refractivity contribution is 5.93. The van der Waals surface area contributed by atoms with Gasteiger partial charge in [-0.3, -0.25) is 4.79 Å². The summed E-state index contributed by atoms with van der Waals surface area (Å²) in [4.78, 5) is 24.1. The molecule has 0 saturated carbocycles. The van der Waals surface area contributed by atoms with E-state index < -0.39 is 0 Å². The molecule has 0 saturated heterocycles. The van der Waals surface area contributed by atoms with Crippen LogP contribution in [0.4, 0.5) is 5.95 Å². The van der Waals surface area contributed by atoms with E-state index in [1.165, 1.54) is 12.3 Å². The third kappa shape index (κ3) is 2.93. The van der Waals surface area contributed by atoms with Crippen molar-refractivity contribution in [3.63, 3.8) is 0 Å². The Bertz CT molecular complexity index is 779. The van der Waals surface area contributed by atoms with Crippen molar-refractivity contribution in [2.45, 2.75) is 6.54 Å². The predicted octanol–water partition coefficient (Wildman–Crippen LogP) is 2.59. The maximum Gasteiger partial charge on any atom is 0.270 e. The van der Waals surface area contributed by atoms with Crippen LogP contribution in [0.1, 0.15) is 16.2 Å². The first kappa shape index (κ1) is 13.7. The molecule has 3 rings (SSSR count). The van der Waals surface area contributed by atoms with Crippen molar-refractivity contribution < 1.29 is 13.6 Å². The summed E-state index contributed by atoms with van der Waals surface area (Å²) in [5.41, 5.74) is 0.640. The second-order valence-electron chi connectivity index (χ2n) is 4.34. The van der Waals surface area contributed by atoms with Crippen molar-refractivity contribution in [3.05, 3.63) is 54.3 Å². The summed E-state index contributed by atoms with van der Waals surface area (Å²) < 4.78 is 10.4. The van der Waals surface area contributed by atoms with Crippen LogP contribution in [0.25, 0.3) is 11.5 Å². The van der Waals surface area contributed by atoms with E-state index in [1.54, 1.807) is 30.5 Å². The van der Waals surface area contributed by atoms with E-state index in [1.807, 2.05) is 0 Å². The Morgan fingerprint density at radius 1 is 1.23 bits per heavy atom. The molecule has 0 bridgehead atoms. The summed E-state index contributed by atoms with van der Waals surface area (Å²) in [5, 5.41) is 2.71. The molecule has 7 heteroatoms. The molecule has 7 nitrogen and oxygen atoms in total. The van der Waals surface area contributed by atoms with E-state index in [0.717, 1.165) is 0 Å². The van der Waals surface area contributed by atoms with Gasteiger partial charge in [0, 0.05) is 0 Å². The number of nitrogens with one attached hydrogen (secondary N) is 1. The van der Waals surface area contributed by atoms with E-state index >= 15 is 0 Å². The Hall–Kier alpha value is -3.22. The van der Waals surface area contributed by atoms with Crippen molar-refractivity contribution >= 4 is 18.6 Å². The van der Waals surface area contributed by atoms with Crippen LogP contribution in [0.3, 0.4) is 0 Å².